The molecule has 2 heteroatoms. The molecule has 1 N–H and O–H groups in total. The van der Waals surface area contributed by atoms with Crippen molar-refractivity contribution in [3.05, 3.63) is 29.8 Å². The van der Waals surface area contributed by atoms with E-state index in [4.69, 9.17) is 4.74 Å². The summed E-state index contributed by atoms with van der Waals surface area (Å²) in [5.41, 5.74) is 1.07. The Morgan fingerprint density at radius 3 is 2.50 bits per heavy atom. The van der Waals surface area contributed by atoms with Gasteiger partial charge in [-0.3, -0.25) is 0 Å². The van der Waals surface area contributed by atoms with Gasteiger partial charge in [0.25, 0.3) is 0 Å². The lowest BCUT2D eigenvalue weighted by atomic mass is 10.0. The first kappa shape index (κ1) is 13.0. The van der Waals surface area contributed by atoms with Crippen LogP contribution in [0.25, 0.3) is 0 Å². The minimum atomic E-state index is -0.123. The number of rotatable bonds is 6. The van der Waals surface area contributed by atoms with E-state index in [1.807, 2.05) is 18.2 Å². The molecule has 0 fully saturated rings. The number of ether oxygens (including phenoxy) is 1. The molecule has 0 bridgehead atoms. The average molecular weight is 221 g/mol. The molecular weight excluding hydrogens is 198 g/mol. The molecule has 2 nitrogen and oxygen atoms in total. The molecule has 0 heterocycles. The predicted octanol–water partition coefficient (Wildman–Crippen LogP) is 3.15. The zero-order valence-electron chi connectivity index (χ0n) is 10.8. The molecule has 0 aromatic heterocycles. The minimum absolute atomic E-state index is 0.123. The summed E-state index contributed by atoms with van der Waals surface area (Å²) in [4.78, 5) is 0. The lowest BCUT2D eigenvalue weighted by Gasteiger charge is -2.30. The van der Waals surface area contributed by atoms with Gasteiger partial charge in [0.1, 0.15) is 11.4 Å². The van der Waals surface area contributed by atoms with Gasteiger partial charge < -0.3 is 10.1 Å². The highest BCUT2D eigenvalue weighted by Gasteiger charge is 2.23. The van der Waals surface area contributed by atoms with Crippen molar-refractivity contribution in [3.8, 4) is 5.75 Å². The van der Waals surface area contributed by atoms with Crippen LogP contribution in [-0.2, 0) is 0 Å². The summed E-state index contributed by atoms with van der Waals surface area (Å²) in [6.07, 6.45) is 0.994. The Kier molecular flexibility index (Phi) is 4.81. The fourth-order valence-electron chi connectivity index (χ4n) is 1.56. The third kappa shape index (κ3) is 3.53. The van der Waals surface area contributed by atoms with Gasteiger partial charge in [0.05, 0.1) is 0 Å². The van der Waals surface area contributed by atoms with Crippen molar-refractivity contribution in [1.82, 2.24) is 5.32 Å². The molecule has 0 aliphatic heterocycles. The molecular formula is C14H23NO. The van der Waals surface area contributed by atoms with E-state index in [1.165, 1.54) is 5.56 Å². The normalized spacial score (nSPS) is 14.5. The number of benzene rings is 1. The van der Waals surface area contributed by atoms with Crippen molar-refractivity contribution in [3.63, 3.8) is 0 Å². The molecule has 0 saturated heterocycles. The quantitative estimate of drug-likeness (QED) is 0.796. The number of aryl methyl sites for hydroxylation is 1. The summed E-state index contributed by atoms with van der Waals surface area (Å²) in [5, 5.41) is 3.35. The second kappa shape index (κ2) is 5.90. The van der Waals surface area contributed by atoms with Gasteiger partial charge in [0, 0.05) is 6.54 Å². The number of nitrogens with one attached hydrogen (secondary N) is 1. The Bertz CT molecular complexity index is 324. The van der Waals surface area contributed by atoms with E-state index in [-0.39, 0.29) is 5.60 Å². The highest BCUT2D eigenvalue weighted by Crippen LogP contribution is 2.24. The maximum Gasteiger partial charge on any atom is 0.123 e. The van der Waals surface area contributed by atoms with Crippen molar-refractivity contribution in [2.45, 2.75) is 39.7 Å². The van der Waals surface area contributed by atoms with Gasteiger partial charge in [0.15, 0.2) is 0 Å². The third-order valence-electron chi connectivity index (χ3n) is 2.95. The van der Waals surface area contributed by atoms with Crippen LogP contribution in [0.2, 0.25) is 0 Å². The molecule has 1 atom stereocenters. The first-order chi connectivity index (χ1) is 7.61. The molecule has 1 aromatic rings. The summed E-state index contributed by atoms with van der Waals surface area (Å²) >= 11 is 0. The smallest absolute Gasteiger partial charge is 0.123 e. The summed E-state index contributed by atoms with van der Waals surface area (Å²) in [6.45, 7) is 10.4. The molecule has 1 aromatic carbocycles. The SMILES string of the molecule is CCNCC(C)(CC)Oc1ccccc1C. The monoisotopic (exact) mass is 221 g/mol. The summed E-state index contributed by atoms with van der Waals surface area (Å²) < 4.78 is 6.12. The van der Waals surface area contributed by atoms with Crippen molar-refractivity contribution in [2.24, 2.45) is 0 Å². The van der Waals surface area contributed by atoms with E-state index < -0.39 is 0 Å². The van der Waals surface area contributed by atoms with Gasteiger partial charge in [0.2, 0.25) is 0 Å². The molecule has 0 saturated carbocycles. The Balaban J connectivity index is 2.72. The summed E-state index contributed by atoms with van der Waals surface area (Å²) in [7, 11) is 0. The van der Waals surface area contributed by atoms with Crippen LogP contribution in [0.1, 0.15) is 32.8 Å². The van der Waals surface area contributed by atoms with Crippen LogP contribution in [0.15, 0.2) is 24.3 Å². The highest BCUT2D eigenvalue weighted by atomic mass is 16.5. The number of hydrogen-bond donors (Lipinski definition) is 1. The minimum Gasteiger partial charge on any atom is -0.486 e. The van der Waals surface area contributed by atoms with E-state index in [9.17, 15) is 0 Å². The molecule has 1 unspecified atom stereocenters. The zero-order valence-corrected chi connectivity index (χ0v) is 10.8. The Hall–Kier alpha value is -1.02. The lowest BCUT2D eigenvalue weighted by Crippen LogP contribution is -2.42. The second-order valence-corrected chi connectivity index (χ2v) is 4.45. The van der Waals surface area contributed by atoms with Crippen molar-refractivity contribution in [2.75, 3.05) is 13.1 Å². The maximum absolute atomic E-state index is 6.12. The number of likely N-dealkylation sites (N-methyl/N-ethyl adjacent to an activating group) is 1. The van der Waals surface area contributed by atoms with Gasteiger partial charge in [-0.25, -0.2) is 0 Å². The second-order valence-electron chi connectivity index (χ2n) is 4.45. The molecule has 16 heavy (non-hydrogen) atoms. The molecule has 1 rings (SSSR count). The van der Waals surface area contributed by atoms with E-state index >= 15 is 0 Å². The number of para-hydroxylation sites is 1. The van der Waals surface area contributed by atoms with Crippen LogP contribution in [0, 0.1) is 6.92 Å². The number of hydrogen-bond acceptors (Lipinski definition) is 2. The lowest BCUT2D eigenvalue weighted by molar-refractivity contribution is 0.0833. The Morgan fingerprint density at radius 2 is 1.94 bits per heavy atom. The predicted molar refractivity (Wildman–Crippen MR) is 69.0 cm³/mol. The standard InChI is InChI=1S/C14H23NO/c1-5-14(4,11-15-6-2)16-13-10-8-7-9-12(13)3/h7-10,15H,5-6,11H2,1-4H3. The van der Waals surface area contributed by atoms with Crippen molar-refractivity contribution in [1.29, 1.82) is 0 Å². The van der Waals surface area contributed by atoms with Crippen LogP contribution in [0.3, 0.4) is 0 Å². The van der Waals surface area contributed by atoms with Gasteiger partial charge >= 0.3 is 0 Å². The summed E-state index contributed by atoms with van der Waals surface area (Å²) in [6, 6.07) is 8.18. The first-order valence-corrected chi connectivity index (χ1v) is 6.06. The largest absolute Gasteiger partial charge is 0.486 e. The fraction of sp³-hybridized carbons (Fsp3) is 0.571. The molecule has 0 amide bonds. The highest BCUT2D eigenvalue weighted by molar-refractivity contribution is 5.32. The van der Waals surface area contributed by atoms with Crippen molar-refractivity contribution < 1.29 is 4.74 Å². The van der Waals surface area contributed by atoms with Crippen LogP contribution in [-0.4, -0.2) is 18.7 Å². The third-order valence-corrected chi connectivity index (χ3v) is 2.95. The maximum atomic E-state index is 6.12. The first-order valence-electron chi connectivity index (χ1n) is 6.06. The van der Waals surface area contributed by atoms with E-state index in [0.717, 1.165) is 25.3 Å². The topological polar surface area (TPSA) is 21.3 Å². The van der Waals surface area contributed by atoms with Gasteiger partial charge in [-0.1, -0.05) is 32.0 Å². The van der Waals surface area contributed by atoms with Crippen LogP contribution >= 0.6 is 0 Å². The van der Waals surface area contributed by atoms with Gasteiger partial charge in [-0.05, 0) is 38.4 Å². The Labute approximate surface area is 99.0 Å². The van der Waals surface area contributed by atoms with E-state index in [1.54, 1.807) is 0 Å². The zero-order chi connectivity index (χ0) is 12.0. The van der Waals surface area contributed by atoms with Crippen LogP contribution < -0.4 is 10.1 Å². The molecule has 0 spiro atoms. The van der Waals surface area contributed by atoms with Gasteiger partial charge in [-0.15, -0.1) is 0 Å². The van der Waals surface area contributed by atoms with E-state index in [2.05, 4.69) is 39.1 Å². The molecule has 90 valence electrons. The van der Waals surface area contributed by atoms with E-state index in [0.29, 0.717) is 0 Å². The molecule has 0 aliphatic carbocycles. The fourth-order valence-corrected chi connectivity index (χ4v) is 1.56. The molecule has 0 radical (unpaired) electrons. The van der Waals surface area contributed by atoms with Crippen LogP contribution in [0.4, 0.5) is 0 Å². The summed E-state index contributed by atoms with van der Waals surface area (Å²) in [5.74, 6) is 0.991. The van der Waals surface area contributed by atoms with Gasteiger partial charge in [-0.2, -0.15) is 0 Å². The van der Waals surface area contributed by atoms with Crippen molar-refractivity contribution >= 4 is 0 Å². The average Bonchev–Trinajstić information content (AvgIpc) is 2.30. The Morgan fingerprint density at radius 1 is 1.25 bits per heavy atom. The van der Waals surface area contributed by atoms with Crippen LogP contribution in [0.5, 0.6) is 5.75 Å². The molecule has 0 aliphatic rings.